The molecule has 0 spiro atoms. The topological polar surface area (TPSA) is 54.3 Å². The maximum absolute atomic E-state index is 9.28. The number of hydrogen-bond donors (Lipinski definition) is 1. The van der Waals surface area contributed by atoms with Gasteiger partial charge in [0.1, 0.15) is 11.8 Å². The van der Waals surface area contributed by atoms with E-state index in [1.807, 2.05) is 56.4 Å². The Morgan fingerprint density at radius 3 is 2.52 bits per heavy atom. The second-order valence-corrected chi connectivity index (χ2v) is 4.45. The fourth-order valence-electron chi connectivity index (χ4n) is 2.00. The van der Waals surface area contributed by atoms with Crippen molar-refractivity contribution >= 4 is 0 Å². The van der Waals surface area contributed by atoms with E-state index in [1.54, 1.807) is 0 Å². The van der Waals surface area contributed by atoms with Crippen molar-refractivity contribution in [2.75, 3.05) is 13.7 Å². The third kappa shape index (κ3) is 3.74. The predicted molar refractivity (Wildman–Crippen MR) is 81.6 cm³/mol. The third-order valence-corrected chi connectivity index (χ3v) is 2.91. The van der Waals surface area contributed by atoms with Gasteiger partial charge in [0, 0.05) is 6.54 Å². The van der Waals surface area contributed by atoms with Crippen LogP contribution in [0.25, 0.3) is 0 Å². The molecule has 4 nitrogen and oxygen atoms in total. The normalized spacial score (nSPS) is 9.95. The Bertz CT molecular complexity index is 647. The lowest BCUT2D eigenvalue weighted by atomic mass is 10.1. The van der Waals surface area contributed by atoms with Gasteiger partial charge in [0.05, 0.1) is 12.2 Å². The van der Waals surface area contributed by atoms with Crippen LogP contribution >= 0.6 is 0 Å². The molecule has 0 saturated carbocycles. The largest absolute Gasteiger partial charge is 0.490 e. The van der Waals surface area contributed by atoms with Crippen LogP contribution in [-0.2, 0) is 6.54 Å². The predicted octanol–water partition coefficient (Wildman–Crippen LogP) is 3.47. The first-order valence-corrected chi connectivity index (χ1v) is 6.85. The van der Waals surface area contributed by atoms with Crippen LogP contribution in [0.3, 0.4) is 0 Å². The summed E-state index contributed by atoms with van der Waals surface area (Å²) >= 11 is 0. The van der Waals surface area contributed by atoms with Gasteiger partial charge < -0.3 is 14.8 Å². The summed E-state index contributed by atoms with van der Waals surface area (Å²) in [6.45, 7) is 3.20. The van der Waals surface area contributed by atoms with Crippen LogP contribution in [0, 0.1) is 11.3 Å². The highest BCUT2D eigenvalue weighted by Crippen LogP contribution is 2.33. The summed E-state index contributed by atoms with van der Waals surface area (Å²) in [6.07, 6.45) is 0. The molecule has 108 valence electrons. The Morgan fingerprint density at radius 2 is 1.86 bits per heavy atom. The van der Waals surface area contributed by atoms with Crippen LogP contribution in [0.15, 0.2) is 42.5 Å². The molecule has 4 heteroatoms. The molecule has 2 aromatic carbocycles. The van der Waals surface area contributed by atoms with Crippen LogP contribution in [0.5, 0.6) is 17.2 Å². The highest BCUT2D eigenvalue weighted by atomic mass is 16.5. The van der Waals surface area contributed by atoms with E-state index >= 15 is 0 Å². The molecular formula is C17H18N2O2. The summed E-state index contributed by atoms with van der Waals surface area (Å²) in [4.78, 5) is 0. The Kier molecular flexibility index (Phi) is 5.19. The number of para-hydroxylation sites is 2. The SMILES string of the molecule is CCOc1ccccc1Oc1ccc(CNC)cc1C#N. The second-order valence-electron chi connectivity index (χ2n) is 4.45. The fraction of sp³-hybridized carbons (Fsp3) is 0.235. The molecule has 21 heavy (non-hydrogen) atoms. The molecule has 0 radical (unpaired) electrons. The maximum atomic E-state index is 9.28. The number of rotatable bonds is 6. The van der Waals surface area contributed by atoms with Crippen LogP contribution in [-0.4, -0.2) is 13.7 Å². The molecule has 0 aliphatic heterocycles. The maximum Gasteiger partial charge on any atom is 0.169 e. The molecule has 0 aliphatic rings. The summed E-state index contributed by atoms with van der Waals surface area (Å²) in [5, 5.41) is 12.3. The van der Waals surface area contributed by atoms with Gasteiger partial charge in [-0.1, -0.05) is 18.2 Å². The van der Waals surface area contributed by atoms with Crippen molar-refractivity contribution in [3.63, 3.8) is 0 Å². The zero-order chi connectivity index (χ0) is 15.1. The number of hydrogen-bond acceptors (Lipinski definition) is 4. The van der Waals surface area contributed by atoms with Crippen molar-refractivity contribution in [2.45, 2.75) is 13.5 Å². The van der Waals surface area contributed by atoms with Crippen molar-refractivity contribution in [2.24, 2.45) is 0 Å². The summed E-state index contributed by atoms with van der Waals surface area (Å²) in [5.74, 6) is 1.81. The van der Waals surface area contributed by atoms with Gasteiger partial charge in [-0.2, -0.15) is 5.26 Å². The van der Waals surface area contributed by atoms with Crippen LogP contribution in [0.1, 0.15) is 18.1 Å². The van der Waals surface area contributed by atoms with Crippen molar-refractivity contribution in [1.82, 2.24) is 5.32 Å². The van der Waals surface area contributed by atoms with Gasteiger partial charge >= 0.3 is 0 Å². The summed E-state index contributed by atoms with van der Waals surface area (Å²) in [6, 6.07) is 15.2. The number of nitrogens with one attached hydrogen (secondary N) is 1. The standard InChI is InChI=1S/C17H18N2O2/c1-3-20-16-6-4-5-7-17(16)21-15-9-8-13(12-19-2)10-14(15)11-18/h4-10,19H,3,12H2,1-2H3. The van der Waals surface area contributed by atoms with E-state index in [1.165, 1.54) is 0 Å². The van der Waals surface area contributed by atoms with Gasteiger partial charge in [0.25, 0.3) is 0 Å². The van der Waals surface area contributed by atoms with Gasteiger partial charge in [-0.3, -0.25) is 0 Å². The van der Waals surface area contributed by atoms with E-state index < -0.39 is 0 Å². The average molecular weight is 282 g/mol. The van der Waals surface area contributed by atoms with Gasteiger partial charge in [-0.15, -0.1) is 0 Å². The molecule has 0 bridgehead atoms. The van der Waals surface area contributed by atoms with Gasteiger partial charge in [0.15, 0.2) is 11.5 Å². The van der Waals surface area contributed by atoms with Crippen LogP contribution in [0.4, 0.5) is 0 Å². The fourth-order valence-corrected chi connectivity index (χ4v) is 2.00. The first-order valence-electron chi connectivity index (χ1n) is 6.85. The highest BCUT2D eigenvalue weighted by molar-refractivity contribution is 5.50. The molecule has 0 aliphatic carbocycles. The summed E-state index contributed by atoms with van der Waals surface area (Å²) in [7, 11) is 1.87. The Morgan fingerprint density at radius 1 is 1.10 bits per heavy atom. The Balaban J connectivity index is 2.29. The van der Waals surface area contributed by atoms with E-state index in [2.05, 4.69) is 11.4 Å². The highest BCUT2D eigenvalue weighted by Gasteiger charge is 2.09. The summed E-state index contributed by atoms with van der Waals surface area (Å²) in [5.41, 5.74) is 1.55. The molecule has 0 saturated heterocycles. The number of nitrogens with zero attached hydrogens (tertiary/aromatic N) is 1. The molecule has 2 aromatic rings. The van der Waals surface area contributed by atoms with E-state index in [0.717, 1.165) is 5.56 Å². The van der Waals surface area contributed by atoms with Crippen LogP contribution < -0.4 is 14.8 Å². The number of nitriles is 1. The summed E-state index contributed by atoms with van der Waals surface area (Å²) < 4.78 is 11.4. The molecule has 0 aromatic heterocycles. The smallest absolute Gasteiger partial charge is 0.169 e. The Labute approximate surface area is 124 Å². The zero-order valence-electron chi connectivity index (χ0n) is 12.2. The third-order valence-electron chi connectivity index (χ3n) is 2.91. The van der Waals surface area contributed by atoms with Gasteiger partial charge in [-0.25, -0.2) is 0 Å². The molecule has 1 N–H and O–H groups in total. The van der Waals surface area contributed by atoms with Crippen molar-refractivity contribution < 1.29 is 9.47 Å². The number of benzene rings is 2. The molecular weight excluding hydrogens is 264 g/mol. The molecule has 0 heterocycles. The first-order chi connectivity index (χ1) is 10.3. The van der Waals surface area contributed by atoms with Gasteiger partial charge in [0.2, 0.25) is 0 Å². The average Bonchev–Trinajstić information content (AvgIpc) is 2.51. The monoisotopic (exact) mass is 282 g/mol. The molecule has 0 atom stereocenters. The van der Waals surface area contributed by atoms with Crippen molar-refractivity contribution in [3.05, 3.63) is 53.6 Å². The molecule has 0 unspecified atom stereocenters. The molecule has 2 rings (SSSR count). The van der Waals surface area contributed by atoms with Gasteiger partial charge in [-0.05, 0) is 43.8 Å². The molecule has 0 fully saturated rings. The first kappa shape index (κ1) is 14.9. The Hall–Kier alpha value is -2.51. The van der Waals surface area contributed by atoms with Crippen molar-refractivity contribution in [1.29, 1.82) is 5.26 Å². The minimum absolute atomic E-state index is 0.508. The van der Waals surface area contributed by atoms with Crippen LogP contribution in [0.2, 0.25) is 0 Å². The van der Waals surface area contributed by atoms with E-state index in [0.29, 0.717) is 36.0 Å². The minimum atomic E-state index is 0.508. The molecule has 0 amide bonds. The van der Waals surface area contributed by atoms with E-state index in [4.69, 9.17) is 9.47 Å². The van der Waals surface area contributed by atoms with Crippen molar-refractivity contribution in [3.8, 4) is 23.3 Å². The minimum Gasteiger partial charge on any atom is -0.490 e. The number of ether oxygens (including phenoxy) is 2. The lowest BCUT2D eigenvalue weighted by Gasteiger charge is -2.12. The zero-order valence-corrected chi connectivity index (χ0v) is 12.2. The van der Waals surface area contributed by atoms with E-state index in [-0.39, 0.29) is 0 Å². The lowest BCUT2D eigenvalue weighted by Crippen LogP contribution is -2.05. The quantitative estimate of drug-likeness (QED) is 0.881. The van der Waals surface area contributed by atoms with E-state index in [9.17, 15) is 5.26 Å². The lowest BCUT2D eigenvalue weighted by molar-refractivity contribution is 0.321. The second kappa shape index (κ2) is 7.32.